The Morgan fingerprint density at radius 3 is 2.67 bits per heavy atom. The molecule has 230 valence electrons. The number of hydrogen-bond acceptors (Lipinski definition) is 13. The molecule has 6 atom stereocenters. The first-order chi connectivity index (χ1) is 20.6. The van der Waals surface area contributed by atoms with Crippen molar-refractivity contribution in [1.29, 1.82) is 5.26 Å². The van der Waals surface area contributed by atoms with Crippen LogP contribution in [-0.4, -0.2) is 74.3 Å². The molecular formula is C28H35N6O8P. The Morgan fingerprint density at radius 1 is 1.28 bits per heavy atom. The Labute approximate surface area is 248 Å². The molecule has 1 saturated heterocycles. The second-order valence-corrected chi connectivity index (χ2v) is 11.8. The highest BCUT2D eigenvalue weighted by Crippen LogP contribution is 2.48. The molecule has 15 heteroatoms. The van der Waals surface area contributed by atoms with Crippen LogP contribution in [0.1, 0.15) is 39.3 Å². The van der Waals surface area contributed by atoms with Crippen molar-refractivity contribution >= 4 is 30.9 Å². The van der Waals surface area contributed by atoms with Gasteiger partial charge in [-0.15, -0.1) is 0 Å². The van der Waals surface area contributed by atoms with Gasteiger partial charge in [0.1, 0.15) is 54.0 Å². The molecule has 43 heavy (non-hydrogen) atoms. The highest BCUT2D eigenvalue weighted by atomic mass is 31.2. The lowest BCUT2D eigenvalue weighted by atomic mass is 9.92. The number of nitrogens with two attached hydrogens (primary N) is 1. The lowest BCUT2D eigenvalue weighted by molar-refractivity contribution is -0.146. The van der Waals surface area contributed by atoms with Crippen molar-refractivity contribution < 1.29 is 38.1 Å². The second-order valence-electron chi connectivity index (χ2n) is 10.1. The van der Waals surface area contributed by atoms with Crippen LogP contribution in [0.15, 0.2) is 53.8 Å². The summed E-state index contributed by atoms with van der Waals surface area (Å²) < 4.78 is 37.6. The zero-order valence-corrected chi connectivity index (χ0v) is 24.9. The number of hydrogen-bond donors (Lipinski definition) is 3. The number of nitriles is 1. The summed E-state index contributed by atoms with van der Waals surface area (Å²) in [6.45, 7) is 5.17. The van der Waals surface area contributed by atoms with E-state index in [9.17, 15) is 24.8 Å². The summed E-state index contributed by atoms with van der Waals surface area (Å²) in [5, 5.41) is 36.1. The number of ether oxygens (including phenoxy) is 2. The number of nitrogen functional groups attached to an aromatic ring is 1. The molecule has 2 aromatic heterocycles. The minimum Gasteiger partial charge on any atom is -0.464 e. The van der Waals surface area contributed by atoms with Crippen LogP contribution in [0.3, 0.4) is 0 Å². The van der Waals surface area contributed by atoms with Crippen molar-refractivity contribution in [3.05, 3.63) is 54.5 Å². The molecule has 1 aliphatic rings. The first-order valence-electron chi connectivity index (χ1n) is 13.8. The van der Waals surface area contributed by atoms with Crippen molar-refractivity contribution in [3.8, 4) is 11.8 Å². The van der Waals surface area contributed by atoms with Gasteiger partial charge in [0.25, 0.3) is 0 Å². The number of para-hydroxylation sites is 1. The summed E-state index contributed by atoms with van der Waals surface area (Å²) in [5.74, 6) is 0.846. The van der Waals surface area contributed by atoms with Crippen molar-refractivity contribution in [3.63, 3.8) is 0 Å². The molecule has 0 aliphatic carbocycles. The predicted octanol–water partition coefficient (Wildman–Crippen LogP) is 2.84. The molecule has 3 aromatic rings. The van der Waals surface area contributed by atoms with Crippen molar-refractivity contribution in [2.75, 3.05) is 18.9 Å². The van der Waals surface area contributed by atoms with E-state index in [0.717, 1.165) is 18.8 Å². The number of aliphatic hydroxyl groups excluding tert-OH is 2. The van der Waals surface area contributed by atoms with E-state index < -0.39 is 50.1 Å². The number of aliphatic hydroxyl groups is 2. The third-order valence-corrected chi connectivity index (χ3v) is 8.66. The largest absolute Gasteiger partial charge is 0.464 e. The molecular weight excluding hydrogens is 579 g/mol. The number of aliphatic imine (C=N–C) groups is 1. The molecule has 1 unspecified atom stereocenters. The van der Waals surface area contributed by atoms with Crippen LogP contribution in [0.5, 0.6) is 5.75 Å². The van der Waals surface area contributed by atoms with Gasteiger partial charge in [-0.1, -0.05) is 44.9 Å². The van der Waals surface area contributed by atoms with Gasteiger partial charge in [-0.05, 0) is 37.1 Å². The highest BCUT2D eigenvalue weighted by molar-refractivity contribution is 7.70. The minimum absolute atomic E-state index is 0.0964. The monoisotopic (exact) mass is 614 g/mol. The molecule has 0 spiro atoms. The first kappa shape index (κ1) is 32.1. The predicted molar refractivity (Wildman–Crippen MR) is 155 cm³/mol. The van der Waals surface area contributed by atoms with Gasteiger partial charge in [0.15, 0.2) is 5.82 Å². The lowest BCUT2D eigenvalue weighted by Crippen LogP contribution is -2.41. The van der Waals surface area contributed by atoms with Crippen molar-refractivity contribution in [1.82, 2.24) is 14.6 Å². The van der Waals surface area contributed by atoms with Crippen LogP contribution in [0, 0.1) is 17.2 Å². The molecule has 4 N–H and O–H groups in total. The normalized spacial score (nSPS) is 24.2. The fourth-order valence-corrected chi connectivity index (χ4v) is 5.83. The van der Waals surface area contributed by atoms with E-state index in [4.69, 9.17) is 24.3 Å². The number of carbonyl (C=O) groups is 1. The molecule has 14 nitrogen and oxygen atoms in total. The van der Waals surface area contributed by atoms with E-state index in [1.165, 1.54) is 23.8 Å². The summed E-state index contributed by atoms with van der Waals surface area (Å²) >= 11 is 0. The topological polar surface area (TPSA) is 204 Å². The zero-order valence-electron chi connectivity index (χ0n) is 24.0. The maximum atomic E-state index is 13.8. The number of carbonyl (C=O) groups excluding carboxylic acids is 1. The van der Waals surface area contributed by atoms with Gasteiger partial charge in [0.05, 0.1) is 18.9 Å². The van der Waals surface area contributed by atoms with E-state index >= 15 is 0 Å². The number of nitrogens with zero attached hydrogens (tertiary/aromatic N) is 5. The molecule has 1 fully saturated rings. The van der Waals surface area contributed by atoms with Gasteiger partial charge in [0.2, 0.25) is 5.60 Å². The van der Waals surface area contributed by atoms with Crippen LogP contribution < -0.4 is 10.3 Å². The fourth-order valence-electron chi connectivity index (χ4n) is 4.53. The lowest BCUT2D eigenvalue weighted by Gasteiger charge is -2.24. The number of anilines is 1. The highest BCUT2D eigenvalue weighted by Gasteiger charge is 2.58. The molecule has 0 amide bonds. The van der Waals surface area contributed by atoms with E-state index in [0.29, 0.717) is 5.52 Å². The Kier molecular flexibility index (Phi) is 10.2. The standard InChI is InChI=1S/C28H35N6O8P/c1-4-19(5-2)13-39-27(37)18(3)32-17-43(38,42-20-9-7-6-8-10-20)40-14-22-24(35)25(36)28(15-29,41-22)23-12-11-21-26(30)31-16-33-34(21)23/h6-12,16-19,22,24-25,35-36H,4-5,13-14H2,1-3H3,(H2,30,31,33)/b32-17+/t18-,22+,24+,25+,28-,43?/m0/s1. The maximum Gasteiger partial charge on any atom is 0.421 e. The molecule has 0 bridgehead atoms. The van der Waals surface area contributed by atoms with Crippen molar-refractivity contribution in [2.45, 2.75) is 63.6 Å². The number of esters is 1. The fraction of sp³-hybridized carbons (Fsp3) is 0.464. The third-order valence-electron chi connectivity index (χ3n) is 7.27. The molecule has 1 aliphatic heterocycles. The average molecular weight is 615 g/mol. The summed E-state index contributed by atoms with van der Waals surface area (Å²) in [4.78, 5) is 20.5. The third kappa shape index (κ3) is 6.87. The van der Waals surface area contributed by atoms with Gasteiger partial charge in [-0.2, -0.15) is 10.4 Å². The van der Waals surface area contributed by atoms with Gasteiger partial charge >= 0.3 is 13.6 Å². The number of benzene rings is 1. The molecule has 1 aromatic carbocycles. The Hall–Kier alpha value is -3.86. The first-order valence-corrected chi connectivity index (χ1v) is 15.4. The van der Waals surface area contributed by atoms with Crippen LogP contribution in [0.2, 0.25) is 0 Å². The zero-order chi connectivity index (χ0) is 31.2. The van der Waals surface area contributed by atoms with Crippen molar-refractivity contribution in [2.24, 2.45) is 10.9 Å². The minimum atomic E-state index is -4.24. The summed E-state index contributed by atoms with van der Waals surface area (Å²) in [6.07, 6.45) is -1.82. The number of rotatable bonds is 13. The quantitative estimate of drug-likeness (QED) is 0.144. The van der Waals surface area contributed by atoms with Crippen LogP contribution in [0.4, 0.5) is 5.82 Å². The average Bonchev–Trinajstić information content (AvgIpc) is 3.56. The molecule has 0 saturated carbocycles. The number of aromatic nitrogens is 3. The van der Waals surface area contributed by atoms with E-state index in [2.05, 4.69) is 15.1 Å². The Bertz CT molecular complexity index is 1520. The Morgan fingerprint density at radius 2 is 2.00 bits per heavy atom. The summed E-state index contributed by atoms with van der Waals surface area (Å²) in [6, 6.07) is 12.1. The van der Waals surface area contributed by atoms with Crippen LogP contribution >= 0.6 is 7.60 Å². The van der Waals surface area contributed by atoms with Gasteiger partial charge in [-0.3, -0.25) is 9.52 Å². The smallest absolute Gasteiger partial charge is 0.421 e. The molecule has 3 heterocycles. The number of fused-ring (bicyclic) bond motifs is 1. The second kappa shape index (κ2) is 13.6. The molecule has 0 radical (unpaired) electrons. The van der Waals surface area contributed by atoms with Crippen LogP contribution in [-0.2, 0) is 29.0 Å². The SMILES string of the molecule is CCC(CC)COC(=O)[C@H](C)/N=C/P(=O)(OC[C@H]1O[C@@](C#N)(c2ccc3c(N)ncnn23)[C@H](O)[C@@H]1O)Oc1ccccc1. The van der Waals surface area contributed by atoms with Crippen LogP contribution in [0.25, 0.3) is 5.52 Å². The summed E-state index contributed by atoms with van der Waals surface area (Å²) in [5.41, 5.74) is 4.28. The van der Waals surface area contributed by atoms with E-state index in [-0.39, 0.29) is 29.8 Å². The molecule has 4 rings (SSSR count). The maximum absolute atomic E-state index is 13.8. The van der Waals surface area contributed by atoms with Gasteiger partial charge < -0.3 is 29.9 Å². The Balaban J connectivity index is 1.54. The van der Waals surface area contributed by atoms with Gasteiger partial charge in [-0.25, -0.2) is 18.9 Å². The van der Waals surface area contributed by atoms with E-state index in [1.54, 1.807) is 36.4 Å². The summed E-state index contributed by atoms with van der Waals surface area (Å²) in [7, 11) is -4.24. The van der Waals surface area contributed by atoms with E-state index in [1.807, 2.05) is 19.9 Å². The van der Waals surface area contributed by atoms with Gasteiger partial charge in [0, 0.05) is 0 Å².